The van der Waals surface area contributed by atoms with Gasteiger partial charge in [0, 0.05) is 0 Å². The van der Waals surface area contributed by atoms with E-state index in [0.29, 0.717) is 12.8 Å². The lowest BCUT2D eigenvalue weighted by molar-refractivity contribution is -0.122. The average Bonchev–Trinajstić information content (AvgIpc) is 2.20. The van der Waals surface area contributed by atoms with Gasteiger partial charge in [0.05, 0.1) is 0 Å². The van der Waals surface area contributed by atoms with Gasteiger partial charge in [-0.15, -0.1) is 0 Å². The molecule has 0 saturated carbocycles. The molecule has 1 aromatic rings. The fraction of sp³-hybridized carbons (Fsp3) is 0.300. The molecular weight excluding hydrogens is 180 g/mol. The molecule has 0 heterocycles. The van der Waals surface area contributed by atoms with E-state index in [0.717, 1.165) is 5.56 Å². The summed E-state index contributed by atoms with van der Waals surface area (Å²) in [4.78, 5) is 10.8. The molecule has 4 nitrogen and oxygen atoms in total. The zero-order valence-corrected chi connectivity index (χ0v) is 7.81. The normalized spacial score (nSPS) is 12.4. The Morgan fingerprint density at radius 2 is 2.07 bits per heavy atom. The van der Waals surface area contributed by atoms with Crippen LogP contribution in [0, 0.1) is 0 Å². The molecule has 4 heteroatoms. The number of benzene rings is 1. The maximum absolute atomic E-state index is 10.8. The van der Waals surface area contributed by atoms with Crippen molar-refractivity contribution >= 4 is 5.91 Å². The van der Waals surface area contributed by atoms with Gasteiger partial charge in [-0.3, -0.25) is 4.79 Å². The molecule has 0 aliphatic carbocycles. The summed E-state index contributed by atoms with van der Waals surface area (Å²) in [5.74, 6) is -0.538. The summed E-state index contributed by atoms with van der Waals surface area (Å²) in [6, 6.07) is 9.06. The van der Waals surface area contributed by atoms with E-state index in [1.165, 1.54) is 0 Å². The highest BCUT2D eigenvalue weighted by Gasteiger charge is 2.12. The molecule has 0 radical (unpaired) electrons. The molecule has 76 valence electrons. The highest BCUT2D eigenvalue weighted by Crippen LogP contribution is 2.04. The van der Waals surface area contributed by atoms with Crippen molar-refractivity contribution in [2.75, 3.05) is 0 Å². The van der Waals surface area contributed by atoms with Gasteiger partial charge < -0.3 is 10.9 Å². The first-order valence-corrected chi connectivity index (χ1v) is 4.47. The number of amides is 1. The first-order valence-electron chi connectivity index (χ1n) is 4.47. The monoisotopic (exact) mass is 194 g/mol. The van der Waals surface area contributed by atoms with Gasteiger partial charge in [0.2, 0.25) is 5.91 Å². The number of rotatable bonds is 5. The summed E-state index contributed by atoms with van der Waals surface area (Å²) < 4.78 is 0. The second-order valence-corrected chi connectivity index (χ2v) is 3.11. The van der Waals surface area contributed by atoms with Crippen LogP contribution in [0.4, 0.5) is 0 Å². The van der Waals surface area contributed by atoms with Crippen molar-refractivity contribution in [1.29, 1.82) is 0 Å². The third-order valence-corrected chi connectivity index (χ3v) is 2.06. The van der Waals surface area contributed by atoms with E-state index in [1.54, 1.807) is 0 Å². The Balaban J connectivity index is 2.44. The first-order chi connectivity index (χ1) is 6.74. The maximum Gasteiger partial charge on any atom is 0.236 e. The van der Waals surface area contributed by atoms with Crippen LogP contribution in [0.25, 0.3) is 0 Å². The summed E-state index contributed by atoms with van der Waals surface area (Å²) >= 11 is 0. The molecule has 1 aromatic carbocycles. The molecule has 0 bridgehead atoms. The quantitative estimate of drug-likeness (QED) is 0.596. The van der Waals surface area contributed by atoms with Crippen molar-refractivity contribution < 1.29 is 10.0 Å². The van der Waals surface area contributed by atoms with Gasteiger partial charge in [-0.05, 0) is 18.4 Å². The number of hydroxylamine groups is 1. The Bertz CT molecular complexity index is 287. The molecule has 4 N–H and O–H groups in total. The molecule has 1 atom stereocenters. The third kappa shape index (κ3) is 3.16. The number of carbonyl (C=O) groups excluding carboxylic acids is 1. The van der Waals surface area contributed by atoms with Crippen LogP contribution in [-0.4, -0.2) is 17.2 Å². The lowest BCUT2D eigenvalue weighted by atomic mass is 10.1. The topological polar surface area (TPSA) is 75.4 Å². The highest BCUT2D eigenvalue weighted by atomic mass is 16.5. The highest BCUT2D eigenvalue weighted by molar-refractivity contribution is 5.79. The van der Waals surface area contributed by atoms with Crippen LogP contribution in [0.1, 0.15) is 12.0 Å². The van der Waals surface area contributed by atoms with Gasteiger partial charge in [-0.1, -0.05) is 30.3 Å². The van der Waals surface area contributed by atoms with E-state index >= 15 is 0 Å². The summed E-state index contributed by atoms with van der Waals surface area (Å²) in [6.45, 7) is 0. The van der Waals surface area contributed by atoms with E-state index in [9.17, 15) is 4.79 Å². The Hall–Kier alpha value is -1.39. The maximum atomic E-state index is 10.8. The van der Waals surface area contributed by atoms with Crippen molar-refractivity contribution in [1.82, 2.24) is 5.48 Å². The second-order valence-electron chi connectivity index (χ2n) is 3.11. The van der Waals surface area contributed by atoms with Gasteiger partial charge in [0.15, 0.2) is 0 Å². The largest absolute Gasteiger partial charge is 0.368 e. The molecule has 0 aliphatic rings. The summed E-state index contributed by atoms with van der Waals surface area (Å²) in [7, 11) is 0. The number of primary amides is 1. The lowest BCUT2D eigenvalue weighted by Gasteiger charge is -2.10. The molecule has 0 spiro atoms. The molecule has 14 heavy (non-hydrogen) atoms. The lowest BCUT2D eigenvalue weighted by Crippen LogP contribution is -2.39. The predicted molar refractivity (Wildman–Crippen MR) is 52.7 cm³/mol. The van der Waals surface area contributed by atoms with E-state index in [-0.39, 0.29) is 0 Å². The van der Waals surface area contributed by atoms with Crippen LogP contribution in [-0.2, 0) is 11.2 Å². The van der Waals surface area contributed by atoms with Gasteiger partial charge in [-0.2, -0.15) is 5.48 Å². The first kappa shape index (κ1) is 10.7. The van der Waals surface area contributed by atoms with E-state index in [2.05, 4.69) is 0 Å². The number of carbonyl (C=O) groups is 1. The number of nitrogens with one attached hydrogen (secondary N) is 1. The number of aryl methyl sites for hydroxylation is 1. The zero-order valence-electron chi connectivity index (χ0n) is 7.81. The number of hydrogen-bond donors (Lipinski definition) is 3. The third-order valence-electron chi connectivity index (χ3n) is 2.06. The second kappa shape index (κ2) is 5.36. The number of nitrogens with two attached hydrogens (primary N) is 1. The number of hydrogen-bond acceptors (Lipinski definition) is 3. The summed E-state index contributed by atoms with van der Waals surface area (Å²) in [6.07, 6.45) is 1.21. The van der Waals surface area contributed by atoms with E-state index < -0.39 is 11.9 Å². The van der Waals surface area contributed by atoms with Crippen LogP contribution in [0.2, 0.25) is 0 Å². The van der Waals surface area contributed by atoms with Gasteiger partial charge in [-0.25, -0.2) is 0 Å². The fourth-order valence-electron chi connectivity index (χ4n) is 1.23. The summed E-state index contributed by atoms with van der Waals surface area (Å²) in [5.41, 5.74) is 8.07. The SMILES string of the molecule is NC(=O)C(CCc1ccccc1)NO. The van der Waals surface area contributed by atoms with Crippen LogP contribution in [0.15, 0.2) is 30.3 Å². The van der Waals surface area contributed by atoms with Gasteiger partial charge in [0.1, 0.15) is 6.04 Å². The van der Waals surface area contributed by atoms with Crippen LogP contribution in [0.3, 0.4) is 0 Å². The molecule has 1 amide bonds. The Morgan fingerprint density at radius 3 is 2.57 bits per heavy atom. The summed E-state index contributed by atoms with van der Waals surface area (Å²) in [5, 5.41) is 8.62. The van der Waals surface area contributed by atoms with Crippen molar-refractivity contribution in [2.45, 2.75) is 18.9 Å². The Morgan fingerprint density at radius 1 is 1.43 bits per heavy atom. The molecule has 1 unspecified atom stereocenters. The predicted octanol–water partition coefficient (Wildman–Crippen LogP) is 0.452. The van der Waals surface area contributed by atoms with Crippen molar-refractivity contribution in [2.24, 2.45) is 5.73 Å². The molecule has 0 fully saturated rings. The molecule has 0 aliphatic heterocycles. The van der Waals surface area contributed by atoms with Gasteiger partial charge in [0.25, 0.3) is 0 Å². The van der Waals surface area contributed by atoms with Crippen LogP contribution >= 0.6 is 0 Å². The molecule has 0 saturated heterocycles. The minimum absolute atomic E-state index is 0.496. The molecular formula is C10H14N2O2. The molecule has 0 aromatic heterocycles. The minimum atomic E-state index is -0.671. The van der Waals surface area contributed by atoms with E-state index in [4.69, 9.17) is 10.9 Å². The standard InChI is InChI=1S/C10H14N2O2/c11-10(13)9(12-14)7-6-8-4-2-1-3-5-8/h1-5,9,12,14H,6-7H2,(H2,11,13). The van der Waals surface area contributed by atoms with E-state index in [1.807, 2.05) is 35.8 Å². The minimum Gasteiger partial charge on any atom is -0.368 e. The van der Waals surface area contributed by atoms with Crippen LogP contribution in [0.5, 0.6) is 0 Å². The average molecular weight is 194 g/mol. The molecule has 1 rings (SSSR count). The van der Waals surface area contributed by atoms with Gasteiger partial charge >= 0.3 is 0 Å². The Kier molecular flexibility index (Phi) is 4.10. The van der Waals surface area contributed by atoms with Crippen molar-refractivity contribution in [3.63, 3.8) is 0 Å². The Labute approximate surface area is 82.7 Å². The van der Waals surface area contributed by atoms with Crippen molar-refractivity contribution in [3.05, 3.63) is 35.9 Å². The zero-order chi connectivity index (χ0) is 10.4. The van der Waals surface area contributed by atoms with Crippen LogP contribution < -0.4 is 11.2 Å². The van der Waals surface area contributed by atoms with Crippen molar-refractivity contribution in [3.8, 4) is 0 Å². The fourth-order valence-corrected chi connectivity index (χ4v) is 1.23. The smallest absolute Gasteiger partial charge is 0.236 e.